The number of amides is 1. The third-order valence-corrected chi connectivity index (χ3v) is 3.89. The van der Waals surface area contributed by atoms with Gasteiger partial charge >= 0.3 is 5.69 Å². The summed E-state index contributed by atoms with van der Waals surface area (Å²) in [6.07, 6.45) is 1.10. The van der Waals surface area contributed by atoms with Crippen LogP contribution >= 0.6 is 11.6 Å². The number of H-pyrrole nitrogens is 2. The predicted molar refractivity (Wildman–Crippen MR) is 96.4 cm³/mol. The zero-order chi connectivity index (χ0) is 19.3. The minimum Gasteiger partial charge on any atom is -0.493 e. The van der Waals surface area contributed by atoms with E-state index in [1.807, 2.05) is 0 Å². The first-order chi connectivity index (χ1) is 12.4. The van der Waals surface area contributed by atoms with Crippen molar-refractivity contribution in [3.05, 3.63) is 54.8 Å². The standard InChI is InChI=1S/C16H17ClN4O5/c1-8-10(15(23)20-16(24)19-8)6-12(22)21-18-7-9-4-5-11(25-2)14(26-3)13(9)17/h4-5,7H,6H2,1-3H3,(H,21,22)(H2,19,20,23,24)/b18-7-. The van der Waals surface area contributed by atoms with Crippen LogP contribution in [0.4, 0.5) is 0 Å². The Morgan fingerprint density at radius 3 is 2.62 bits per heavy atom. The van der Waals surface area contributed by atoms with Crippen LogP contribution in [0.15, 0.2) is 26.8 Å². The molecule has 1 aromatic heterocycles. The molecular weight excluding hydrogens is 364 g/mol. The van der Waals surface area contributed by atoms with Crippen LogP contribution in [0.2, 0.25) is 5.02 Å². The average molecular weight is 381 g/mol. The minimum atomic E-state index is -0.627. The maximum atomic E-state index is 12.0. The molecule has 0 radical (unpaired) electrons. The van der Waals surface area contributed by atoms with Gasteiger partial charge in [-0.25, -0.2) is 10.2 Å². The van der Waals surface area contributed by atoms with E-state index < -0.39 is 17.2 Å². The summed E-state index contributed by atoms with van der Waals surface area (Å²) in [6, 6.07) is 3.30. The number of aromatic nitrogens is 2. The Kier molecular flexibility index (Phi) is 6.18. The smallest absolute Gasteiger partial charge is 0.325 e. The van der Waals surface area contributed by atoms with Crippen molar-refractivity contribution in [3.8, 4) is 11.5 Å². The molecule has 0 aliphatic heterocycles. The second-order valence-corrected chi connectivity index (χ2v) is 5.56. The zero-order valence-corrected chi connectivity index (χ0v) is 15.1. The van der Waals surface area contributed by atoms with Gasteiger partial charge < -0.3 is 14.5 Å². The number of hydrazone groups is 1. The Morgan fingerprint density at radius 1 is 1.27 bits per heavy atom. The van der Waals surface area contributed by atoms with Gasteiger partial charge in [0.2, 0.25) is 5.91 Å². The number of carbonyl (C=O) groups excluding carboxylic acids is 1. The van der Waals surface area contributed by atoms with Crippen LogP contribution in [0.1, 0.15) is 16.8 Å². The minimum absolute atomic E-state index is 0.154. The number of rotatable bonds is 6. The van der Waals surface area contributed by atoms with E-state index in [9.17, 15) is 14.4 Å². The number of aromatic amines is 2. The van der Waals surface area contributed by atoms with Crippen molar-refractivity contribution in [2.75, 3.05) is 14.2 Å². The molecule has 1 amide bonds. The molecule has 0 aliphatic carbocycles. The predicted octanol–water partition coefficient (Wildman–Crippen LogP) is 0.735. The number of carbonyl (C=O) groups is 1. The van der Waals surface area contributed by atoms with E-state index in [-0.39, 0.29) is 17.0 Å². The number of nitrogens with zero attached hydrogens (tertiary/aromatic N) is 1. The summed E-state index contributed by atoms with van der Waals surface area (Å²) >= 11 is 6.21. The summed E-state index contributed by atoms with van der Waals surface area (Å²) < 4.78 is 10.3. The zero-order valence-electron chi connectivity index (χ0n) is 14.3. The molecule has 1 aromatic carbocycles. The van der Waals surface area contributed by atoms with Crippen molar-refractivity contribution in [2.45, 2.75) is 13.3 Å². The van der Waals surface area contributed by atoms with Gasteiger partial charge in [0.25, 0.3) is 5.56 Å². The van der Waals surface area contributed by atoms with E-state index in [4.69, 9.17) is 21.1 Å². The molecule has 0 spiro atoms. The number of methoxy groups -OCH3 is 2. The number of ether oxygens (including phenoxy) is 2. The molecule has 1 heterocycles. The average Bonchev–Trinajstić information content (AvgIpc) is 2.59. The lowest BCUT2D eigenvalue weighted by atomic mass is 10.1. The highest BCUT2D eigenvalue weighted by atomic mass is 35.5. The molecule has 10 heteroatoms. The molecule has 0 aliphatic rings. The fourth-order valence-electron chi connectivity index (χ4n) is 2.22. The molecule has 0 atom stereocenters. The number of nitrogens with one attached hydrogen (secondary N) is 3. The number of hydrogen-bond acceptors (Lipinski definition) is 6. The summed E-state index contributed by atoms with van der Waals surface area (Å²) in [4.78, 5) is 39.3. The highest BCUT2D eigenvalue weighted by Gasteiger charge is 2.13. The monoisotopic (exact) mass is 380 g/mol. The molecule has 0 fully saturated rings. The first-order valence-corrected chi connectivity index (χ1v) is 7.79. The maximum Gasteiger partial charge on any atom is 0.325 e. The molecule has 0 saturated heterocycles. The number of aryl methyl sites for hydroxylation is 1. The molecule has 26 heavy (non-hydrogen) atoms. The first kappa shape index (κ1) is 19.3. The topological polar surface area (TPSA) is 126 Å². The van der Waals surface area contributed by atoms with Gasteiger partial charge in [-0.3, -0.25) is 14.6 Å². The van der Waals surface area contributed by atoms with Gasteiger partial charge in [0, 0.05) is 16.8 Å². The number of hydrogen-bond donors (Lipinski definition) is 3. The lowest BCUT2D eigenvalue weighted by Gasteiger charge is -2.10. The fraction of sp³-hybridized carbons (Fsp3) is 0.250. The lowest BCUT2D eigenvalue weighted by molar-refractivity contribution is -0.120. The van der Waals surface area contributed by atoms with Gasteiger partial charge in [-0.2, -0.15) is 5.10 Å². The highest BCUT2D eigenvalue weighted by Crippen LogP contribution is 2.36. The van der Waals surface area contributed by atoms with Gasteiger partial charge in [0.15, 0.2) is 11.5 Å². The number of halogens is 1. The van der Waals surface area contributed by atoms with Crippen LogP contribution in [0, 0.1) is 6.92 Å². The van der Waals surface area contributed by atoms with E-state index in [1.54, 1.807) is 12.1 Å². The van der Waals surface area contributed by atoms with Gasteiger partial charge in [0.05, 0.1) is 31.9 Å². The fourth-order valence-corrected chi connectivity index (χ4v) is 2.50. The van der Waals surface area contributed by atoms with Gasteiger partial charge in [-0.05, 0) is 19.1 Å². The van der Waals surface area contributed by atoms with E-state index in [1.165, 1.54) is 27.4 Å². The Morgan fingerprint density at radius 2 is 2.00 bits per heavy atom. The summed E-state index contributed by atoms with van der Waals surface area (Å²) in [5.41, 5.74) is 2.03. The van der Waals surface area contributed by atoms with Gasteiger partial charge in [-0.1, -0.05) is 11.6 Å². The second-order valence-electron chi connectivity index (χ2n) is 5.19. The van der Waals surface area contributed by atoms with E-state index in [2.05, 4.69) is 20.5 Å². The van der Waals surface area contributed by atoms with Crippen LogP contribution in [-0.4, -0.2) is 36.3 Å². The quantitative estimate of drug-likeness (QED) is 0.503. The van der Waals surface area contributed by atoms with Crippen molar-refractivity contribution in [3.63, 3.8) is 0 Å². The largest absolute Gasteiger partial charge is 0.493 e. The molecule has 0 saturated carbocycles. The van der Waals surface area contributed by atoms with Crippen molar-refractivity contribution in [1.29, 1.82) is 0 Å². The first-order valence-electron chi connectivity index (χ1n) is 7.41. The lowest BCUT2D eigenvalue weighted by Crippen LogP contribution is -2.30. The van der Waals surface area contributed by atoms with E-state index in [0.29, 0.717) is 22.8 Å². The highest BCUT2D eigenvalue weighted by molar-refractivity contribution is 6.34. The molecule has 9 nitrogen and oxygen atoms in total. The van der Waals surface area contributed by atoms with Crippen LogP contribution in [-0.2, 0) is 11.2 Å². The van der Waals surface area contributed by atoms with Gasteiger partial charge in [0.1, 0.15) is 0 Å². The second kappa shape index (κ2) is 8.34. The van der Waals surface area contributed by atoms with Crippen LogP contribution in [0.25, 0.3) is 0 Å². The Bertz CT molecular complexity index is 964. The normalized spacial score (nSPS) is 10.8. The van der Waals surface area contributed by atoms with Crippen molar-refractivity contribution in [2.24, 2.45) is 5.10 Å². The molecule has 2 aromatic rings. The SMILES string of the molecule is COc1ccc(/C=N\NC(=O)Cc2c(C)[nH]c(=O)[nH]c2=O)c(Cl)c1OC. The van der Waals surface area contributed by atoms with Crippen LogP contribution in [0.5, 0.6) is 11.5 Å². The van der Waals surface area contributed by atoms with Crippen LogP contribution in [0.3, 0.4) is 0 Å². The van der Waals surface area contributed by atoms with E-state index >= 15 is 0 Å². The van der Waals surface area contributed by atoms with Gasteiger partial charge in [-0.15, -0.1) is 0 Å². The molecule has 2 rings (SSSR count). The molecule has 3 N–H and O–H groups in total. The molecule has 0 unspecified atom stereocenters. The molecular formula is C16H17ClN4O5. The van der Waals surface area contributed by atoms with Crippen molar-refractivity contribution in [1.82, 2.24) is 15.4 Å². The molecule has 0 bridgehead atoms. The third-order valence-electron chi connectivity index (χ3n) is 3.50. The Hall–Kier alpha value is -3.07. The van der Waals surface area contributed by atoms with Crippen molar-refractivity contribution >= 4 is 23.7 Å². The summed E-state index contributed by atoms with van der Waals surface area (Å²) in [5.74, 6) is 0.282. The van der Waals surface area contributed by atoms with Crippen molar-refractivity contribution < 1.29 is 14.3 Å². The maximum absolute atomic E-state index is 12.0. The molecule has 138 valence electrons. The summed E-state index contributed by atoms with van der Waals surface area (Å²) in [5, 5.41) is 4.09. The third kappa shape index (κ3) is 4.31. The number of benzene rings is 1. The van der Waals surface area contributed by atoms with E-state index in [0.717, 1.165) is 0 Å². The summed E-state index contributed by atoms with van der Waals surface area (Å²) in [6.45, 7) is 1.53. The Balaban J connectivity index is 2.11. The van der Waals surface area contributed by atoms with Crippen LogP contribution < -0.4 is 26.1 Å². The summed E-state index contributed by atoms with van der Waals surface area (Å²) in [7, 11) is 2.94. The Labute approximate surface area is 153 Å².